The lowest BCUT2D eigenvalue weighted by molar-refractivity contribution is -0.123. The third-order valence-electron chi connectivity index (χ3n) is 5.50. The minimum atomic E-state index is -0.241. The lowest BCUT2D eigenvalue weighted by Gasteiger charge is -2.33. The van der Waals surface area contributed by atoms with E-state index in [1.807, 2.05) is 0 Å². The number of nitrogens with two attached hydrogens (primary N) is 1. The van der Waals surface area contributed by atoms with Gasteiger partial charge in [-0.15, -0.1) is 0 Å². The predicted molar refractivity (Wildman–Crippen MR) is 92.6 cm³/mol. The maximum absolute atomic E-state index is 14.1. The molecule has 0 aliphatic carbocycles. The number of amides is 1. The van der Waals surface area contributed by atoms with Crippen LogP contribution in [0.4, 0.5) is 4.39 Å². The highest BCUT2D eigenvalue weighted by molar-refractivity contribution is 5.77. The van der Waals surface area contributed by atoms with Crippen LogP contribution in [0.5, 0.6) is 5.75 Å². The molecule has 2 N–H and O–H groups in total. The van der Waals surface area contributed by atoms with Gasteiger partial charge in [-0.2, -0.15) is 0 Å². The van der Waals surface area contributed by atoms with Gasteiger partial charge in [0.15, 0.2) is 0 Å². The zero-order valence-corrected chi connectivity index (χ0v) is 14.7. The first-order chi connectivity index (χ1) is 12.1. The van der Waals surface area contributed by atoms with E-state index in [0.717, 1.165) is 38.8 Å². The van der Waals surface area contributed by atoms with Gasteiger partial charge in [0.1, 0.15) is 11.6 Å². The Bertz CT molecular complexity index is 602. The van der Waals surface area contributed by atoms with Gasteiger partial charge < -0.3 is 15.2 Å². The summed E-state index contributed by atoms with van der Waals surface area (Å²) in [5.41, 5.74) is 6.17. The molecular formula is C19H27FN2O3. The number of halogens is 1. The van der Waals surface area contributed by atoms with E-state index in [-0.39, 0.29) is 23.7 Å². The van der Waals surface area contributed by atoms with Crippen molar-refractivity contribution in [1.82, 2.24) is 4.90 Å². The molecule has 0 aromatic heterocycles. The Morgan fingerprint density at radius 1 is 1.36 bits per heavy atom. The summed E-state index contributed by atoms with van der Waals surface area (Å²) >= 11 is 0. The number of hydrogen-bond acceptors (Lipinski definition) is 4. The molecule has 2 fully saturated rings. The van der Waals surface area contributed by atoms with Crippen LogP contribution in [0.1, 0.15) is 31.2 Å². The molecule has 1 aromatic carbocycles. The van der Waals surface area contributed by atoms with Crippen LogP contribution in [0, 0.1) is 17.7 Å². The Labute approximate surface area is 148 Å². The fraction of sp³-hybridized carbons (Fsp3) is 0.632. The Morgan fingerprint density at radius 3 is 2.76 bits per heavy atom. The van der Waals surface area contributed by atoms with Crippen molar-refractivity contribution in [1.29, 1.82) is 0 Å². The summed E-state index contributed by atoms with van der Waals surface area (Å²) in [5, 5.41) is 0. The molecule has 6 heteroatoms. The third-order valence-corrected chi connectivity index (χ3v) is 5.50. The molecule has 2 aliphatic heterocycles. The second-order valence-corrected chi connectivity index (χ2v) is 7.12. The lowest BCUT2D eigenvalue weighted by Crippen LogP contribution is -2.37. The summed E-state index contributed by atoms with van der Waals surface area (Å²) in [6.45, 7) is 3.12. The van der Waals surface area contributed by atoms with Gasteiger partial charge in [0.25, 0.3) is 0 Å². The molecule has 0 saturated carbocycles. The molecule has 0 radical (unpaired) electrons. The van der Waals surface area contributed by atoms with E-state index in [1.165, 1.54) is 13.2 Å². The number of hydrogen-bond donors (Lipinski definition) is 1. The zero-order valence-electron chi connectivity index (χ0n) is 14.7. The Balaban J connectivity index is 1.48. The van der Waals surface area contributed by atoms with Crippen molar-refractivity contribution < 1.29 is 18.7 Å². The average molecular weight is 350 g/mol. The van der Waals surface area contributed by atoms with Crippen molar-refractivity contribution in [3.63, 3.8) is 0 Å². The molecule has 0 unspecified atom stereocenters. The van der Waals surface area contributed by atoms with E-state index in [0.29, 0.717) is 30.4 Å². The topological polar surface area (TPSA) is 64.8 Å². The number of methoxy groups -OCH3 is 1. The van der Waals surface area contributed by atoms with Gasteiger partial charge >= 0.3 is 0 Å². The Morgan fingerprint density at radius 2 is 2.12 bits per heavy atom. The third kappa shape index (κ3) is 4.50. The van der Waals surface area contributed by atoms with Crippen molar-refractivity contribution >= 4 is 5.91 Å². The summed E-state index contributed by atoms with van der Waals surface area (Å²) in [4.78, 5) is 13.8. The van der Waals surface area contributed by atoms with Crippen LogP contribution in [-0.2, 0) is 16.1 Å². The highest BCUT2D eigenvalue weighted by Gasteiger charge is 2.35. The molecule has 1 aromatic rings. The van der Waals surface area contributed by atoms with Gasteiger partial charge in [-0.25, -0.2) is 4.39 Å². The van der Waals surface area contributed by atoms with Gasteiger partial charge in [0.05, 0.1) is 19.1 Å². The maximum Gasteiger partial charge on any atom is 0.223 e. The monoisotopic (exact) mass is 350 g/mol. The molecule has 25 heavy (non-hydrogen) atoms. The minimum Gasteiger partial charge on any atom is -0.497 e. The molecule has 3 rings (SSSR count). The normalized spacial score (nSPS) is 25.2. The van der Waals surface area contributed by atoms with Crippen molar-refractivity contribution in [2.75, 3.05) is 26.8 Å². The highest BCUT2D eigenvalue weighted by Crippen LogP contribution is 2.31. The summed E-state index contributed by atoms with van der Waals surface area (Å²) in [6, 6.07) is 5.03. The number of likely N-dealkylation sites (tertiary alicyclic amines) is 1. The molecule has 5 nitrogen and oxygen atoms in total. The summed E-state index contributed by atoms with van der Waals surface area (Å²) in [6.07, 6.45) is 3.72. The minimum absolute atomic E-state index is 0.0203. The number of carbonyl (C=O) groups is 1. The molecule has 2 saturated heterocycles. The van der Waals surface area contributed by atoms with E-state index in [2.05, 4.69) is 4.90 Å². The average Bonchev–Trinajstić information content (AvgIpc) is 3.07. The second-order valence-electron chi connectivity index (χ2n) is 7.12. The number of benzene rings is 1. The first-order valence-electron chi connectivity index (χ1n) is 9.02. The van der Waals surface area contributed by atoms with Crippen LogP contribution in [0.25, 0.3) is 0 Å². The maximum atomic E-state index is 14.1. The van der Waals surface area contributed by atoms with E-state index in [1.54, 1.807) is 12.1 Å². The van der Waals surface area contributed by atoms with Crippen LogP contribution < -0.4 is 10.5 Å². The van der Waals surface area contributed by atoms with Gasteiger partial charge in [-0.05, 0) is 50.8 Å². The largest absolute Gasteiger partial charge is 0.497 e. The van der Waals surface area contributed by atoms with Crippen LogP contribution in [-0.4, -0.2) is 43.7 Å². The van der Waals surface area contributed by atoms with E-state index in [9.17, 15) is 9.18 Å². The number of nitrogens with zero attached hydrogens (tertiary/aromatic N) is 1. The fourth-order valence-electron chi connectivity index (χ4n) is 3.94. The standard InChI is InChI=1S/C19H27FN2O3/c1-24-15-3-2-14(17(20)11-15)12-22-7-4-13(5-8-22)10-18-16(19(21)23)6-9-25-18/h2-3,11,13,16,18H,4-10,12H2,1H3,(H2,21,23)/t16-,18-/m1/s1. The quantitative estimate of drug-likeness (QED) is 0.855. The number of piperidine rings is 1. The highest BCUT2D eigenvalue weighted by atomic mass is 19.1. The second kappa shape index (κ2) is 8.15. The first kappa shape index (κ1) is 18.1. The molecule has 1 amide bonds. The first-order valence-corrected chi connectivity index (χ1v) is 9.02. The molecular weight excluding hydrogens is 323 g/mol. The molecule has 0 bridgehead atoms. The number of ether oxygens (including phenoxy) is 2. The molecule has 138 valence electrons. The zero-order chi connectivity index (χ0) is 17.8. The number of carbonyl (C=O) groups excluding carboxylic acids is 1. The molecule has 2 atom stereocenters. The number of primary amides is 1. The summed E-state index contributed by atoms with van der Waals surface area (Å²) < 4.78 is 24.8. The van der Waals surface area contributed by atoms with Gasteiger partial charge in [0.2, 0.25) is 5.91 Å². The summed E-state index contributed by atoms with van der Waals surface area (Å²) in [7, 11) is 1.54. The van der Waals surface area contributed by atoms with Gasteiger partial charge in [0, 0.05) is 24.8 Å². The van der Waals surface area contributed by atoms with E-state index < -0.39 is 0 Å². The smallest absolute Gasteiger partial charge is 0.223 e. The van der Waals surface area contributed by atoms with Gasteiger partial charge in [-0.3, -0.25) is 9.69 Å². The van der Waals surface area contributed by atoms with Crippen LogP contribution >= 0.6 is 0 Å². The number of rotatable bonds is 6. The Hall–Kier alpha value is -1.66. The van der Waals surface area contributed by atoms with Crippen molar-refractivity contribution in [2.45, 2.75) is 38.3 Å². The molecule has 2 heterocycles. The SMILES string of the molecule is COc1ccc(CN2CCC(C[C@H]3OCC[C@H]3C(N)=O)CC2)c(F)c1. The lowest BCUT2D eigenvalue weighted by atomic mass is 9.86. The molecule has 0 spiro atoms. The van der Waals surface area contributed by atoms with Crippen molar-refractivity contribution in [2.24, 2.45) is 17.6 Å². The van der Waals surface area contributed by atoms with Crippen molar-refractivity contribution in [3.05, 3.63) is 29.6 Å². The molecule has 2 aliphatic rings. The van der Waals surface area contributed by atoms with Gasteiger partial charge in [-0.1, -0.05) is 6.07 Å². The summed E-state index contributed by atoms with van der Waals surface area (Å²) in [5.74, 6) is 0.494. The predicted octanol–water partition coefficient (Wildman–Crippen LogP) is 2.33. The van der Waals surface area contributed by atoms with E-state index >= 15 is 0 Å². The Kier molecular flexibility index (Phi) is 5.91. The fourth-order valence-corrected chi connectivity index (χ4v) is 3.94. The van der Waals surface area contributed by atoms with Crippen LogP contribution in [0.3, 0.4) is 0 Å². The van der Waals surface area contributed by atoms with E-state index in [4.69, 9.17) is 15.2 Å². The van der Waals surface area contributed by atoms with Crippen LogP contribution in [0.2, 0.25) is 0 Å². The van der Waals surface area contributed by atoms with Crippen molar-refractivity contribution in [3.8, 4) is 5.75 Å². The van der Waals surface area contributed by atoms with Crippen LogP contribution in [0.15, 0.2) is 18.2 Å².